The summed E-state index contributed by atoms with van der Waals surface area (Å²) in [6.07, 6.45) is -4.07. The van der Waals surface area contributed by atoms with Crippen LogP contribution in [0.1, 0.15) is 17.2 Å². The maximum atomic E-state index is 12.5. The van der Waals surface area contributed by atoms with Gasteiger partial charge in [0.2, 0.25) is 0 Å². The van der Waals surface area contributed by atoms with Crippen molar-refractivity contribution in [2.45, 2.75) is 32.0 Å². The SMILES string of the molecule is O=C(NCC(O)C(O)c1ccc(OC(F)F)c(OC(F)F)c1)OCc1ccccc1. The largest absolute Gasteiger partial charge is 0.445 e. The van der Waals surface area contributed by atoms with Gasteiger partial charge in [0.05, 0.1) is 0 Å². The molecule has 0 aromatic heterocycles. The van der Waals surface area contributed by atoms with Gasteiger partial charge in [-0.15, -0.1) is 0 Å². The Morgan fingerprint density at radius 2 is 1.57 bits per heavy atom. The highest BCUT2D eigenvalue weighted by molar-refractivity contribution is 5.67. The zero-order chi connectivity index (χ0) is 22.1. The normalized spacial score (nSPS) is 13.1. The van der Waals surface area contributed by atoms with Crippen LogP contribution in [0.2, 0.25) is 0 Å². The summed E-state index contributed by atoms with van der Waals surface area (Å²) < 4.78 is 62.9. The van der Waals surface area contributed by atoms with Crippen LogP contribution in [0.5, 0.6) is 11.5 Å². The molecule has 2 unspecified atom stereocenters. The molecule has 0 saturated heterocycles. The minimum atomic E-state index is -3.33. The highest BCUT2D eigenvalue weighted by Gasteiger charge is 2.23. The van der Waals surface area contributed by atoms with Crippen LogP contribution in [-0.4, -0.2) is 42.2 Å². The van der Waals surface area contributed by atoms with E-state index in [-0.39, 0.29) is 12.2 Å². The average molecular weight is 433 g/mol. The molecule has 0 bridgehead atoms. The van der Waals surface area contributed by atoms with Crippen molar-refractivity contribution >= 4 is 6.09 Å². The molecular formula is C19H19F4NO6. The van der Waals surface area contributed by atoms with Gasteiger partial charge in [0.15, 0.2) is 11.5 Å². The van der Waals surface area contributed by atoms with Gasteiger partial charge in [0, 0.05) is 6.54 Å². The van der Waals surface area contributed by atoms with Crippen LogP contribution in [0, 0.1) is 0 Å². The van der Waals surface area contributed by atoms with E-state index in [1.807, 2.05) is 0 Å². The van der Waals surface area contributed by atoms with Gasteiger partial charge in [-0.3, -0.25) is 0 Å². The number of alkyl halides is 4. The number of hydrogen-bond acceptors (Lipinski definition) is 6. The minimum absolute atomic E-state index is 0.00868. The Balaban J connectivity index is 1.93. The summed E-state index contributed by atoms with van der Waals surface area (Å²) in [6, 6.07) is 11.6. The average Bonchev–Trinajstić information content (AvgIpc) is 2.71. The number of aliphatic hydroxyl groups is 2. The van der Waals surface area contributed by atoms with Crippen molar-refractivity contribution in [2.24, 2.45) is 0 Å². The topological polar surface area (TPSA) is 97.3 Å². The number of nitrogens with one attached hydrogen (secondary N) is 1. The van der Waals surface area contributed by atoms with E-state index >= 15 is 0 Å². The van der Waals surface area contributed by atoms with Crippen molar-refractivity contribution in [3.63, 3.8) is 0 Å². The number of halogens is 4. The molecule has 2 atom stereocenters. The molecule has 2 aromatic carbocycles. The van der Waals surface area contributed by atoms with E-state index in [0.29, 0.717) is 0 Å². The lowest BCUT2D eigenvalue weighted by atomic mass is 10.0. The van der Waals surface area contributed by atoms with E-state index < -0.39 is 49.6 Å². The Bertz CT molecular complexity index is 809. The second-order valence-corrected chi connectivity index (χ2v) is 5.92. The summed E-state index contributed by atoms with van der Waals surface area (Å²) in [4.78, 5) is 11.7. The van der Waals surface area contributed by atoms with Crippen LogP contribution in [0.15, 0.2) is 48.5 Å². The molecule has 11 heteroatoms. The Morgan fingerprint density at radius 3 is 2.20 bits per heavy atom. The Labute approximate surface area is 168 Å². The predicted molar refractivity (Wildman–Crippen MR) is 95.3 cm³/mol. The first-order chi connectivity index (χ1) is 14.3. The summed E-state index contributed by atoms with van der Waals surface area (Å²) in [7, 11) is 0. The molecule has 0 spiro atoms. The smallest absolute Gasteiger partial charge is 0.407 e. The number of ether oxygens (including phenoxy) is 3. The van der Waals surface area contributed by atoms with Gasteiger partial charge >= 0.3 is 19.3 Å². The zero-order valence-corrected chi connectivity index (χ0v) is 15.4. The van der Waals surface area contributed by atoms with Crippen molar-refractivity contribution in [3.8, 4) is 11.5 Å². The summed E-state index contributed by atoms with van der Waals surface area (Å²) in [5, 5.41) is 22.4. The summed E-state index contributed by atoms with van der Waals surface area (Å²) in [5.74, 6) is -1.41. The second kappa shape index (κ2) is 11.2. The molecule has 7 nitrogen and oxygen atoms in total. The van der Waals surface area contributed by atoms with Crippen LogP contribution in [0.3, 0.4) is 0 Å². The minimum Gasteiger partial charge on any atom is -0.445 e. The van der Waals surface area contributed by atoms with E-state index in [4.69, 9.17) is 4.74 Å². The first-order valence-electron chi connectivity index (χ1n) is 8.60. The number of aliphatic hydroxyl groups excluding tert-OH is 2. The Kier molecular flexibility index (Phi) is 8.69. The maximum Gasteiger partial charge on any atom is 0.407 e. The number of alkyl carbamates (subject to hydrolysis) is 1. The summed E-state index contributed by atoms with van der Waals surface area (Å²) >= 11 is 0. The molecule has 0 radical (unpaired) electrons. The van der Waals surface area contributed by atoms with Crippen molar-refractivity contribution in [3.05, 3.63) is 59.7 Å². The number of carbonyl (C=O) groups is 1. The number of benzene rings is 2. The number of carbonyl (C=O) groups excluding carboxylic acids is 1. The van der Waals surface area contributed by atoms with Crippen molar-refractivity contribution in [1.82, 2.24) is 5.32 Å². The number of amides is 1. The highest BCUT2D eigenvalue weighted by Crippen LogP contribution is 2.33. The first kappa shape index (κ1) is 23.2. The molecule has 0 saturated carbocycles. The first-order valence-corrected chi connectivity index (χ1v) is 8.60. The zero-order valence-electron chi connectivity index (χ0n) is 15.4. The van der Waals surface area contributed by atoms with Crippen LogP contribution in [0.4, 0.5) is 22.4 Å². The molecule has 3 N–H and O–H groups in total. The van der Waals surface area contributed by atoms with E-state index in [1.165, 1.54) is 0 Å². The van der Waals surface area contributed by atoms with E-state index in [0.717, 1.165) is 23.8 Å². The van der Waals surface area contributed by atoms with Gasteiger partial charge in [-0.2, -0.15) is 17.6 Å². The van der Waals surface area contributed by atoms with E-state index in [2.05, 4.69) is 14.8 Å². The second-order valence-electron chi connectivity index (χ2n) is 5.92. The molecule has 0 aliphatic carbocycles. The third-order valence-corrected chi connectivity index (χ3v) is 3.77. The molecular weight excluding hydrogens is 414 g/mol. The molecule has 0 heterocycles. The lowest BCUT2D eigenvalue weighted by Gasteiger charge is -2.20. The molecule has 164 valence electrons. The van der Waals surface area contributed by atoms with Crippen LogP contribution < -0.4 is 14.8 Å². The van der Waals surface area contributed by atoms with Crippen molar-refractivity contribution < 1.29 is 46.8 Å². The molecule has 0 aliphatic heterocycles. The van der Waals surface area contributed by atoms with Crippen molar-refractivity contribution in [2.75, 3.05) is 6.54 Å². The summed E-state index contributed by atoms with van der Waals surface area (Å²) in [5.41, 5.74) is 0.616. The molecule has 2 aromatic rings. The predicted octanol–water partition coefficient (Wildman–Crippen LogP) is 3.21. The van der Waals surface area contributed by atoms with Crippen LogP contribution in [-0.2, 0) is 11.3 Å². The van der Waals surface area contributed by atoms with Crippen molar-refractivity contribution in [1.29, 1.82) is 0 Å². The maximum absolute atomic E-state index is 12.5. The molecule has 0 aliphatic rings. The van der Waals surface area contributed by atoms with Gasteiger partial charge in [0.25, 0.3) is 0 Å². The summed E-state index contributed by atoms with van der Waals surface area (Å²) in [6.45, 7) is -7.05. The monoisotopic (exact) mass is 433 g/mol. The lowest BCUT2D eigenvalue weighted by Crippen LogP contribution is -2.35. The third kappa shape index (κ3) is 7.41. The van der Waals surface area contributed by atoms with Crippen LogP contribution in [0.25, 0.3) is 0 Å². The standard InChI is InChI=1S/C19H19F4NO6/c20-17(21)29-14-7-6-12(8-15(14)30-18(22)23)16(26)13(25)9-24-19(27)28-10-11-4-2-1-3-5-11/h1-8,13,16-18,25-26H,9-10H2,(H,24,27). The van der Waals surface area contributed by atoms with Crippen LogP contribution >= 0.6 is 0 Å². The quantitative estimate of drug-likeness (QED) is 0.498. The molecule has 1 amide bonds. The highest BCUT2D eigenvalue weighted by atomic mass is 19.3. The Morgan fingerprint density at radius 1 is 0.933 bits per heavy atom. The molecule has 2 rings (SSSR count). The number of rotatable bonds is 10. The molecule has 30 heavy (non-hydrogen) atoms. The lowest BCUT2D eigenvalue weighted by molar-refractivity contribution is -0.0694. The van der Waals surface area contributed by atoms with Gasteiger partial charge in [-0.05, 0) is 23.3 Å². The fourth-order valence-corrected chi connectivity index (χ4v) is 2.39. The van der Waals surface area contributed by atoms with Gasteiger partial charge < -0.3 is 29.7 Å². The van der Waals surface area contributed by atoms with Gasteiger partial charge in [0.1, 0.15) is 18.8 Å². The molecule has 0 fully saturated rings. The fourth-order valence-electron chi connectivity index (χ4n) is 2.39. The fraction of sp³-hybridized carbons (Fsp3) is 0.316. The van der Waals surface area contributed by atoms with E-state index in [1.54, 1.807) is 30.3 Å². The number of hydrogen-bond donors (Lipinski definition) is 3. The van der Waals surface area contributed by atoms with Gasteiger partial charge in [-0.1, -0.05) is 36.4 Å². The third-order valence-electron chi connectivity index (χ3n) is 3.77. The Hall–Kier alpha value is -3.05. The van der Waals surface area contributed by atoms with E-state index in [9.17, 15) is 32.6 Å². The van der Waals surface area contributed by atoms with Gasteiger partial charge in [-0.25, -0.2) is 4.79 Å².